The second kappa shape index (κ2) is 4.23. The Labute approximate surface area is 94.4 Å². The Hall–Kier alpha value is -0.0200. The number of rotatable bonds is 1. The van der Waals surface area contributed by atoms with Gasteiger partial charge in [0.05, 0.1) is 5.97 Å². The fourth-order valence-electron chi connectivity index (χ4n) is 0.392. The molecule has 14 heavy (non-hydrogen) atoms. The third kappa shape index (κ3) is 2.51. The van der Waals surface area contributed by atoms with Crippen LogP contribution in [0.15, 0.2) is 0 Å². The summed E-state index contributed by atoms with van der Waals surface area (Å²) in [5, 5.41) is 9.39. The SMILES string of the molecule is O=C([O-])C(F)(C(F)(F)F)C(F)(F)F.[Na+]. The van der Waals surface area contributed by atoms with Gasteiger partial charge in [-0.1, -0.05) is 0 Å². The molecule has 0 aromatic carbocycles. The maximum Gasteiger partial charge on any atom is 1.00 e. The molecule has 0 spiro atoms. The van der Waals surface area contributed by atoms with Gasteiger partial charge < -0.3 is 9.90 Å². The van der Waals surface area contributed by atoms with Crippen LogP contribution in [0.5, 0.6) is 0 Å². The molecular weight excluding hydrogens is 236 g/mol. The van der Waals surface area contributed by atoms with Crippen LogP contribution in [0.4, 0.5) is 30.7 Å². The van der Waals surface area contributed by atoms with E-state index in [0.29, 0.717) is 0 Å². The topological polar surface area (TPSA) is 40.1 Å². The van der Waals surface area contributed by atoms with Crippen molar-refractivity contribution < 1.29 is 70.2 Å². The van der Waals surface area contributed by atoms with Gasteiger partial charge in [0.2, 0.25) is 0 Å². The summed E-state index contributed by atoms with van der Waals surface area (Å²) in [6.07, 6.45) is -13.2. The first-order chi connectivity index (χ1) is 5.44. The number of hydrogen-bond donors (Lipinski definition) is 0. The zero-order valence-electron chi connectivity index (χ0n) is 6.46. The molecule has 0 aliphatic carbocycles. The number of alkyl halides is 7. The second-order valence-electron chi connectivity index (χ2n) is 1.94. The molecule has 0 saturated carbocycles. The number of aliphatic carboxylic acids is 1. The quantitative estimate of drug-likeness (QED) is 0.375. The molecule has 78 valence electrons. The van der Waals surface area contributed by atoms with Crippen LogP contribution in [-0.4, -0.2) is 24.0 Å². The maximum absolute atomic E-state index is 12.0. The first-order valence-corrected chi connectivity index (χ1v) is 2.48. The minimum atomic E-state index is -6.59. The van der Waals surface area contributed by atoms with Gasteiger partial charge in [0.25, 0.3) is 0 Å². The summed E-state index contributed by atoms with van der Waals surface area (Å²) in [6.45, 7) is 0. The van der Waals surface area contributed by atoms with Gasteiger partial charge in [0.1, 0.15) is 0 Å². The van der Waals surface area contributed by atoms with E-state index in [1.165, 1.54) is 0 Å². The second-order valence-corrected chi connectivity index (χ2v) is 1.94. The van der Waals surface area contributed by atoms with E-state index < -0.39 is 24.0 Å². The van der Waals surface area contributed by atoms with Gasteiger partial charge in [0, 0.05) is 0 Å². The smallest absolute Gasteiger partial charge is 0.546 e. The molecule has 0 saturated heterocycles. The monoisotopic (exact) mass is 236 g/mol. The number of halogens is 7. The molecule has 10 heteroatoms. The Balaban J connectivity index is 0. The summed E-state index contributed by atoms with van der Waals surface area (Å²) in [5.74, 6) is -3.88. The largest absolute Gasteiger partial charge is 1.00 e. The zero-order chi connectivity index (χ0) is 11.1. The van der Waals surface area contributed by atoms with Crippen LogP contribution in [0, 0.1) is 0 Å². The predicted molar refractivity (Wildman–Crippen MR) is 21.0 cm³/mol. The first-order valence-electron chi connectivity index (χ1n) is 2.48. The molecule has 0 aliphatic heterocycles. The van der Waals surface area contributed by atoms with Crippen LogP contribution in [-0.2, 0) is 4.79 Å². The van der Waals surface area contributed by atoms with Crippen molar-refractivity contribution >= 4 is 5.97 Å². The van der Waals surface area contributed by atoms with E-state index in [0.717, 1.165) is 0 Å². The fourth-order valence-corrected chi connectivity index (χ4v) is 0.392. The maximum atomic E-state index is 12.0. The number of carbonyl (C=O) groups excluding carboxylic acids is 1. The van der Waals surface area contributed by atoms with Crippen LogP contribution in [0.3, 0.4) is 0 Å². The van der Waals surface area contributed by atoms with Crippen LogP contribution < -0.4 is 34.7 Å². The number of carboxylic acids is 1. The standard InChI is InChI=1S/C4HF7O2.Na/c5-2(1(12)13,3(6,7)8)4(9,10)11;/h(H,12,13);/q;+1/p-1. The van der Waals surface area contributed by atoms with Crippen molar-refractivity contribution in [2.45, 2.75) is 18.0 Å². The minimum absolute atomic E-state index is 0. The van der Waals surface area contributed by atoms with Crippen molar-refractivity contribution in [1.82, 2.24) is 0 Å². The van der Waals surface area contributed by atoms with Gasteiger partial charge >= 0.3 is 47.6 Å². The molecule has 0 aliphatic rings. The Morgan fingerprint density at radius 3 is 1.07 bits per heavy atom. The van der Waals surface area contributed by atoms with Crippen molar-refractivity contribution in [3.8, 4) is 0 Å². The summed E-state index contributed by atoms with van der Waals surface area (Å²) < 4.78 is 80.0. The van der Waals surface area contributed by atoms with E-state index >= 15 is 0 Å². The fraction of sp³-hybridized carbons (Fsp3) is 0.750. The first kappa shape index (κ1) is 16.4. The molecule has 0 aromatic heterocycles. The summed E-state index contributed by atoms with van der Waals surface area (Å²) in [7, 11) is 0. The molecular formula is C4F7NaO2. The molecule has 0 rings (SSSR count). The third-order valence-electron chi connectivity index (χ3n) is 1.06. The number of hydrogen-bond acceptors (Lipinski definition) is 2. The van der Waals surface area contributed by atoms with Crippen LogP contribution in [0.1, 0.15) is 0 Å². The summed E-state index contributed by atoms with van der Waals surface area (Å²) in [5.41, 5.74) is -6.32. The summed E-state index contributed by atoms with van der Waals surface area (Å²) in [6, 6.07) is 0. The molecule has 0 bridgehead atoms. The van der Waals surface area contributed by atoms with Crippen molar-refractivity contribution in [2.24, 2.45) is 0 Å². The average Bonchev–Trinajstić information content (AvgIpc) is 1.80. The van der Waals surface area contributed by atoms with Gasteiger partial charge in [-0.25, -0.2) is 4.39 Å². The van der Waals surface area contributed by atoms with E-state index in [2.05, 4.69) is 0 Å². The molecule has 0 radical (unpaired) electrons. The number of carboxylic acid groups (broad SMARTS) is 1. The molecule has 0 atom stereocenters. The Morgan fingerprint density at radius 1 is 0.857 bits per heavy atom. The van der Waals surface area contributed by atoms with Crippen molar-refractivity contribution in [3.05, 3.63) is 0 Å². The normalized spacial score (nSPS) is 13.4. The Kier molecular flexibility index (Phi) is 4.96. The van der Waals surface area contributed by atoms with E-state index in [1.807, 2.05) is 0 Å². The van der Waals surface area contributed by atoms with Gasteiger partial charge in [0.15, 0.2) is 0 Å². The Bertz CT molecular complexity index is 205. The zero-order valence-corrected chi connectivity index (χ0v) is 8.46. The van der Waals surface area contributed by atoms with Crippen LogP contribution >= 0.6 is 0 Å². The van der Waals surface area contributed by atoms with Crippen molar-refractivity contribution in [1.29, 1.82) is 0 Å². The van der Waals surface area contributed by atoms with E-state index in [9.17, 15) is 40.6 Å². The third-order valence-corrected chi connectivity index (χ3v) is 1.06. The van der Waals surface area contributed by atoms with E-state index in [4.69, 9.17) is 0 Å². The van der Waals surface area contributed by atoms with Gasteiger partial charge in [-0.15, -0.1) is 0 Å². The van der Waals surface area contributed by atoms with Crippen LogP contribution in [0.2, 0.25) is 0 Å². The molecule has 0 amide bonds. The predicted octanol–water partition coefficient (Wildman–Crippen LogP) is -2.43. The molecule has 0 fully saturated rings. The minimum Gasteiger partial charge on any atom is -0.546 e. The van der Waals surface area contributed by atoms with E-state index in [-0.39, 0.29) is 29.6 Å². The van der Waals surface area contributed by atoms with E-state index in [1.54, 1.807) is 0 Å². The molecule has 0 unspecified atom stereocenters. The van der Waals surface area contributed by atoms with Crippen molar-refractivity contribution in [3.63, 3.8) is 0 Å². The van der Waals surface area contributed by atoms with Gasteiger partial charge in [-0.05, 0) is 0 Å². The Morgan fingerprint density at radius 2 is 1.07 bits per heavy atom. The summed E-state index contributed by atoms with van der Waals surface area (Å²) in [4.78, 5) is 9.39. The van der Waals surface area contributed by atoms with Gasteiger partial charge in [-0.2, -0.15) is 26.3 Å². The summed E-state index contributed by atoms with van der Waals surface area (Å²) >= 11 is 0. The van der Waals surface area contributed by atoms with Gasteiger partial charge in [-0.3, -0.25) is 0 Å². The van der Waals surface area contributed by atoms with Crippen LogP contribution in [0.25, 0.3) is 0 Å². The molecule has 0 aromatic rings. The molecule has 0 N–H and O–H groups in total. The number of carbonyl (C=O) groups is 1. The van der Waals surface area contributed by atoms with Crippen molar-refractivity contribution in [2.75, 3.05) is 0 Å². The average molecular weight is 236 g/mol. The molecule has 2 nitrogen and oxygen atoms in total. The molecule has 0 heterocycles.